The maximum absolute atomic E-state index is 11.6. The van der Waals surface area contributed by atoms with Gasteiger partial charge in [-0.3, -0.25) is 9.48 Å². The monoisotopic (exact) mass is 260 g/mol. The number of carbonyl (C=O) groups is 1. The third-order valence-corrected chi connectivity index (χ3v) is 2.73. The molecule has 1 aromatic carbocycles. The number of aromatic nitrogens is 3. The van der Waals surface area contributed by atoms with Crippen molar-refractivity contribution in [1.82, 2.24) is 20.1 Å². The Morgan fingerprint density at radius 1 is 1.26 bits per heavy atom. The van der Waals surface area contributed by atoms with Crippen molar-refractivity contribution < 1.29 is 9.90 Å². The molecule has 0 saturated carbocycles. The number of amides is 1. The fourth-order valence-corrected chi connectivity index (χ4v) is 1.62. The maximum atomic E-state index is 11.6. The Hall–Kier alpha value is -2.21. The highest BCUT2D eigenvalue weighted by atomic mass is 16.3. The summed E-state index contributed by atoms with van der Waals surface area (Å²) >= 11 is 0. The Bertz CT molecular complexity index is 508. The predicted octanol–water partition coefficient (Wildman–Crippen LogP) is 0.477. The van der Waals surface area contributed by atoms with Crippen LogP contribution in [-0.4, -0.2) is 25.8 Å². The first-order valence-corrected chi connectivity index (χ1v) is 6.05. The smallest absolute Gasteiger partial charge is 0.222 e. The second kappa shape index (κ2) is 6.65. The van der Waals surface area contributed by atoms with Gasteiger partial charge in [-0.2, -0.15) is 5.10 Å². The molecule has 2 aromatic rings. The maximum Gasteiger partial charge on any atom is 0.222 e. The molecule has 0 atom stereocenters. The van der Waals surface area contributed by atoms with E-state index in [0.717, 1.165) is 11.1 Å². The molecule has 100 valence electrons. The number of aliphatic hydroxyl groups is 1. The number of nitrogens with one attached hydrogen (secondary N) is 1. The molecule has 0 aliphatic carbocycles. The number of hydrogen-bond donors (Lipinski definition) is 2. The van der Waals surface area contributed by atoms with Crippen molar-refractivity contribution in [3.8, 4) is 0 Å². The average molecular weight is 260 g/mol. The Morgan fingerprint density at radius 2 is 2.00 bits per heavy atom. The molecule has 1 heterocycles. The number of aliphatic hydroxyl groups excluding tert-OH is 1. The second-order valence-electron chi connectivity index (χ2n) is 4.16. The molecule has 6 nitrogen and oxygen atoms in total. The Labute approximate surface area is 111 Å². The van der Waals surface area contributed by atoms with E-state index in [-0.39, 0.29) is 12.5 Å². The summed E-state index contributed by atoms with van der Waals surface area (Å²) in [4.78, 5) is 15.4. The molecule has 0 fully saturated rings. The Morgan fingerprint density at radius 3 is 2.63 bits per heavy atom. The molecule has 2 rings (SSSR count). The van der Waals surface area contributed by atoms with Gasteiger partial charge in [0.1, 0.15) is 12.7 Å². The van der Waals surface area contributed by atoms with E-state index in [1.807, 2.05) is 24.3 Å². The molecule has 0 bridgehead atoms. The third kappa shape index (κ3) is 4.18. The molecule has 19 heavy (non-hydrogen) atoms. The lowest BCUT2D eigenvalue weighted by Gasteiger charge is -2.06. The van der Waals surface area contributed by atoms with E-state index in [1.54, 1.807) is 11.0 Å². The van der Waals surface area contributed by atoms with Gasteiger partial charge in [0.2, 0.25) is 5.91 Å². The molecule has 1 amide bonds. The van der Waals surface area contributed by atoms with Gasteiger partial charge in [0, 0.05) is 13.0 Å². The van der Waals surface area contributed by atoms with Gasteiger partial charge in [-0.1, -0.05) is 24.3 Å². The van der Waals surface area contributed by atoms with Crippen LogP contribution >= 0.6 is 0 Å². The van der Waals surface area contributed by atoms with Crippen molar-refractivity contribution >= 4 is 5.91 Å². The van der Waals surface area contributed by atoms with Gasteiger partial charge in [-0.25, -0.2) is 4.98 Å². The van der Waals surface area contributed by atoms with Crippen molar-refractivity contribution in [3.05, 3.63) is 48.0 Å². The van der Waals surface area contributed by atoms with Gasteiger partial charge in [-0.15, -0.1) is 0 Å². The molecule has 2 N–H and O–H groups in total. The number of hydrogen-bond acceptors (Lipinski definition) is 4. The molecule has 0 spiro atoms. The van der Waals surface area contributed by atoms with E-state index in [4.69, 9.17) is 5.11 Å². The normalized spacial score (nSPS) is 10.4. The van der Waals surface area contributed by atoms with Crippen LogP contribution in [-0.2, 0) is 24.5 Å². The van der Waals surface area contributed by atoms with Crippen LogP contribution in [0.25, 0.3) is 0 Å². The quantitative estimate of drug-likeness (QED) is 0.791. The van der Waals surface area contributed by atoms with Crippen molar-refractivity contribution in [1.29, 1.82) is 0 Å². The van der Waals surface area contributed by atoms with E-state index in [1.165, 1.54) is 6.33 Å². The van der Waals surface area contributed by atoms with Crippen LogP contribution in [0, 0.1) is 0 Å². The molecular formula is C13H16N4O2. The fourth-order valence-electron chi connectivity index (χ4n) is 1.62. The zero-order valence-electron chi connectivity index (χ0n) is 10.5. The van der Waals surface area contributed by atoms with Crippen LogP contribution in [0.3, 0.4) is 0 Å². The van der Waals surface area contributed by atoms with Gasteiger partial charge in [0.25, 0.3) is 0 Å². The first-order chi connectivity index (χ1) is 9.28. The summed E-state index contributed by atoms with van der Waals surface area (Å²) in [6.07, 6.45) is 3.40. The van der Waals surface area contributed by atoms with Gasteiger partial charge < -0.3 is 10.4 Å². The zero-order valence-corrected chi connectivity index (χ0v) is 10.5. The molecule has 0 aliphatic rings. The molecule has 0 saturated heterocycles. The zero-order chi connectivity index (χ0) is 13.5. The van der Waals surface area contributed by atoms with Crippen molar-refractivity contribution in [3.63, 3.8) is 0 Å². The highest BCUT2D eigenvalue weighted by Crippen LogP contribution is 2.04. The molecular weight excluding hydrogens is 244 g/mol. The molecule has 6 heteroatoms. The molecule has 0 aliphatic heterocycles. The van der Waals surface area contributed by atoms with Gasteiger partial charge in [0.15, 0.2) is 0 Å². The van der Waals surface area contributed by atoms with Gasteiger partial charge in [0.05, 0.1) is 13.2 Å². The lowest BCUT2D eigenvalue weighted by Crippen LogP contribution is -2.24. The number of benzene rings is 1. The number of aryl methyl sites for hydroxylation is 1. The largest absolute Gasteiger partial charge is 0.392 e. The van der Waals surface area contributed by atoms with Crippen molar-refractivity contribution in [2.75, 3.05) is 0 Å². The molecule has 1 aromatic heterocycles. The summed E-state index contributed by atoms with van der Waals surface area (Å²) in [6.45, 7) is 1.04. The summed E-state index contributed by atoms with van der Waals surface area (Å²) in [6, 6.07) is 7.47. The average Bonchev–Trinajstić information content (AvgIpc) is 2.96. The minimum atomic E-state index is -0.0262. The minimum Gasteiger partial charge on any atom is -0.392 e. The van der Waals surface area contributed by atoms with Crippen LogP contribution in [0.5, 0.6) is 0 Å². The minimum absolute atomic E-state index is 0.0262. The van der Waals surface area contributed by atoms with Gasteiger partial charge in [-0.05, 0) is 11.1 Å². The van der Waals surface area contributed by atoms with E-state index in [9.17, 15) is 4.79 Å². The van der Waals surface area contributed by atoms with Crippen LogP contribution in [0.2, 0.25) is 0 Å². The SMILES string of the molecule is O=C(CCn1cncn1)NCc1ccc(CO)cc1. The standard InChI is InChI=1S/C13H16N4O2/c18-8-12-3-1-11(2-4-12)7-15-13(19)5-6-17-10-14-9-16-17/h1-4,9-10,18H,5-8H2,(H,15,19). The number of rotatable bonds is 6. The van der Waals surface area contributed by atoms with Gasteiger partial charge >= 0.3 is 0 Å². The topological polar surface area (TPSA) is 80.0 Å². The lowest BCUT2D eigenvalue weighted by molar-refractivity contribution is -0.121. The first-order valence-electron chi connectivity index (χ1n) is 6.05. The fraction of sp³-hybridized carbons (Fsp3) is 0.308. The van der Waals surface area contributed by atoms with Crippen LogP contribution in [0.15, 0.2) is 36.9 Å². The summed E-state index contributed by atoms with van der Waals surface area (Å²) in [5.74, 6) is -0.0262. The summed E-state index contributed by atoms with van der Waals surface area (Å²) in [5, 5.41) is 15.7. The third-order valence-electron chi connectivity index (χ3n) is 2.73. The highest BCUT2D eigenvalue weighted by Gasteiger charge is 2.02. The summed E-state index contributed by atoms with van der Waals surface area (Å²) < 4.78 is 1.62. The summed E-state index contributed by atoms with van der Waals surface area (Å²) in [7, 11) is 0. The van der Waals surface area contributed by atoms with E-state index in [0.29, 0.717) is 19.5 Å². The van der Waals surface area contributed by atoms with Crippen molar-refractivity contribution in [2.24, 2.45) is 0 Å². The second-order valence-corrected chi connectivity index (χ2v) is 4.16. The van der Waals surface area contributed by atoms with Crippen LogP contribution in [0.1, 0.15) is 17.5 Å². The first kappa shape index (κ1) is 13.2. The van der Waals surface area contributed by atoms with Crippen LogP contribution < -0.4 is 5.32 Å². The number of carbonyl (C=O) groups excluding carboxylic acids is 1. The predicted molar refractivity (Wildman–Crippen MR) is 68.9 cm³/mol. The molecule has 0 radical (unpaired) electrons. The Kier molecular flexibility index (Phi) is 4.63. The molecule has 0 unspecified atom stereocenters. The van der Waals surface area contributed by atoms with E-state index in [2.05, 4.69) is 15.4 Å². The number of nitrogens with zero attached hydrogens (tertiary/aromatic N) is 3. The highest BCUT2D eigenvalue weighted by molar-refractivity contribution is 5.75. The van der Waals surface area contributed by atoms with Crippen LogP contribution in [0.4, 0.5) is 0 Å². The van der Waals surface area contributed by atoms with Crippen molar-refractivity contribution in [2.45, 2.75) is 26.1 Å². The van der Waals surface area contributed by atoms with E-state index < -0.39 is 0 Å². The Balaban J connectivity index is 1.73. The summed E-state index contributed by atoms with van der Waals surface area (Å²) in [5.41, 5.74) is 1.87. The van der Waals surface area contributed by atoms with E-state index >= 15 is 0 Å². The lowest BCUT2D eigenvalue weighted by atomic mass is 10.1.